The molecule has 1 aromatic heterocycles. The largest absolute Gasteiger partial charge is 0.323 e. The van der Waals surface area contributed by atoms with E-state index in [-0.39, 0.29) is 5.82 Å². The number of hydrogen-bond donors (Lipinski definition) is 1. The molecule has 0 radical (unpaired) electrons. The van der Waals surface area contributed by atoms with E-state index in [2.05, 4.69) is 35.0 Å². The number of piperidine rings is 1. The van der Waals surface area contributed by atoms with Crippen LogP contribution in [0.3, 0.4) is 0 Å². The summed E-state index contributed by atoms with van der Waals surface area (Å²) in [6, 6.07) is 15.1. The maximum absolute atomic E-state index is 13.2. The van der Waals surface area contributed by atoms with Crippen molar-refractivity contribution in [1.82, 2.24) is 14.9 Å². The predicted molar refractivity (Wildman–Crippen MR) is 99.2 cm³/mol. The van der Waals surface area contributed by atoms with Crippen molar-refractivity contribution in [3.05, 3.63) is 65.7 Å². The Morgan fingerprint density at radius 3 is 2.60 bits per heavy atom. The number of nitrogens with zero attached hydrogens (tertiary/aromatic N) is 2. The Morgan fingerprint density at radius 2 is 1.84 bits per heavy atom. The van der Waals surface area contributed by atoms with Crippen LogP contribution >= 0.6 is 0 Å². The van der Waals surface area contributed by atoms with Gasteiger partial charge >= 0.3 is 0 Å². The van der Waals surface area contributed by atoms with E-state index in [1.165, 1.54) is 25.0 Å². The van der Waals surface area contributed by atoms with E-state index in [4.69, 9.17) is 4.98 Å². The van der Waals surface area contributed by atoms with Gasteiger partial charge in [-0.05, 0) is 61.7 Å². The molecule has 1 N–H and O–H groups in total. The van der Waals surface area contributed by atoms with Gasteiger partial charge in [-0.15, -0.1) is 0 Å². The Labute approximate surface area is 147 Å². The van der Waals surface area contributed by atoms with Crippen molar-refractivity contribution in [3.63, 3.8) is 0 Å². The molecular formula is C21H24FN3. The van der Waals surface area contributed by atoms with Crippen LogP contribution in [-0.2, 0) is 6.54 Å². The molecule has 4 heteroatoms. The molecule has 2 heterocycles. The molecule has 2 aromatic carbocycles. The van der Waals surface area contributed by atoms with Crippen molar-refractivity contribution in [2.75, 3.05) is 13.1 Å². The van der Waals surface area contributed by atoms with Gasteiger partial charge in [0.25, 0.3) is 0 Å². The third-order valence-corrected chi connectivity index (χ3v) is 5.44. The lowest BCUT2D eigenvalue weighted by molar-refractivity contribution is 0.319. The average molecular weight is 337 g/mol. The van der Waals surface area contributed by atoms with Crippen molar-refractivity contribution >= 4 is 11.0 Å². The molecule has 1 atom stereocenters. The van der Waals surface area contributed by atoms with Gasteiger partial charge < -0.3 is 9.88 Å². The van der Waals surface area contributed by atoms with Crippen LogP contribution in [0, 0.1) is 11.7 Å². The summed E-state index contributed by atoms with van der Waals surface area (Å²) in [5.74, 6) is 2.03. The van der Waals surface area contributed by atoms with Crippen molar-refractivity contribution in [2.24, 2.45) is 5.92 Å². The molecule has 3 nitrogen and oxygen atoms in total. The molecule has 1 aliphatic rings. The average Bonchev–Trinajstić information content (AvgIpc) is 3.02. The number of para-hydroxylation sites is 2. The summed E-state index contributed by atoms with van der Waals surface area (Å²) in [4.78, 5) is 4.97. The second-order valence-corrected chi connectivity index (χ2v) is 7.05. The minimum Gasteiger partial charge on any atom is -0.323 e. The molecule has 1 saturated heterocycles. The topological polar surface area (TPSA) is 29.9 Å². The van der Waals surface area contributed by atoms with Crippen LogP contribution in [0.4, 0.5) is 4.39 Å². The lowest BCUT2D eigenvalue weighted by Gasteiger charge is -2.28. The highest BCUT2D eigenvalue weighted by Crippen LogP contribution is 2.32. The molecule has 0 aliphatic carbocycles. The Hall–Kier alpha value is -2.20. The van der Waals surface area contributed by atoms with Gasteiger partial charge in [-0.25, -0.2) is 9.37 Å². The number of benzene rings is 2. The SMILES string of the molecule is CC(c1nc2ccccc2n1Cc1ccc(F)cc1)C1CCNCC1. The molecule has 1 unspecified atom stereocenters. The summed E-state index contributed by atoms with van der Waals surface area (Å²) in [5, 5.41) is 3.44. The first-order chi connectivity index (χ1) is 12.2. The van der Waals surface area contributed by atoms with Gasteiger partial charge in [0.1, 0.15) is 11.6 Å². The van der Waals surface area contributed by atoms with E-state index in [1.54, 1.807) is 0 Å². The second-order valence-electron chi connectivity index (χ2n) is 7.05. The zero-order chi connectivity index (χ0) is 17.2. The first kappa shape index (κ1) is 16.3. The highest BCUT2D eigenvalue weighted by molar-refractivity contribution is 5.76. The molecule has 0 saturated carbocycles. The van der Waals surface area contributed by atoms with Crippen LogP contribution in [0.15, 0.2) is 48.5 Å². The van der Waals surface area contributed by atoms with Gasteiger partial charge in [0.2, 0.25) is 0 Å². The van der Waals surface area contributed by atoms with Crippen molar-refractivity contribution in [1.29, 1.82) is 0 Å². The quantitative estimate of drug-likeness (QED) is 0.768. The Morgan fingerprint density at radius 1 is 1.12 bits per heavy atom. The third-order valence-electron chi connectivity index (χ3n) is 5.44. The summed E-state index contributed by atoms with van der Waals surface area (Å²) >= 11 is 0. The van der Waals surface area contributed by atoms with Gasteiger partial charge in [0, 0.05) is 12.5 Å². The van der Waals surface area contributed by atoms with Gasteiger partial charge in [0.15, 0.2) is 0 Å². The summed E-state index contributed by atoms with van der Waals surface area (Å²) in [7, 11) is 0. The van der Waals surface area contributed by atoms with Gasteiger partial charge in [-0.3, -0.25) is 0 Å². The van der Waals surface area contributed by atoms with Gasteiger partial charge in [0.05, 0.1) is 11.0 Å². The number of rotatable bonds is 4. The van der Waals surface area contributed by atoms with E-state index in [9.17, 15) is 4.39 Å². The number of hydrogen-bond acceptors (Lipinski definition) is 2. The molecule has 3 aromatic rings. The van der Waals surface area contributed by atoms with Crippen LogP contribution in [0.25, 0.3) is 11.0 Å². The smallest absolute Gasteiger partial charge is 0.123 e. The lowest BCUT2D eigenvalue weighted by atomic mass is 9.85. The fourth-order valence-corrected chi connectivity index (χ4v) is 3.94. The Balaban J connectivity index is 1.73. The summed E-state index contributed by atoms with van der Waals surface area (Å²) < 4.78 is 15.6. The predicted octanol–water partition coefficient (Wildman–Crippen LogP) is 4.33. The zero-order valence-electron chi connectivity index (χ0n) is 14.6. The lowest BCUT2D eigenvalue weighted by Crippen LogP contribution is -2.31. The highest BCUT2D eigenvalue weighted by atomic mass is 19.1. The fourth-order valence-electron chi connectivity index (χ4n) is 3.94. The Kier molecular flexibility index (Phi) is 4.53. The second kappa shape index (κ2) is 6.96. The van der Waals surface area contributed by atoms with Crippen LogP contribution < -0.4 is 5.32 Å². The van der Waals surface area contributed by atoms with Crippen LogP contribution in [0.1, 0.15) is 37.1 Å². The summed E-state index contributed by atoms with van der Waals surface area (Å²) in [6.45, 7) is 5.21. The van der Waals surface area contributed by atoms with Crippen LogP contribution in [-0.4, -0.2) is 22.6 Å². The zero-order valence-corrected chi connectivity index (χ0v) is 14.6. The third kappa shape index (κ3) is 3.31. The molecule has 25 heavy (non-hydrogen) atoms. The number of imidazole rings is 1. The molecule has 0 spiro atoms. The Bertz CT molecular complexity index is 847. The maximum atomic E-state index is 13.2. The van der Waals surface area contributed by atoms with E-state index >= 15 is 0 Å². The maximum Gasteiger partial charge on any atom is 0.123 e. The standard InChI is InChI=1S/C21H24FN3/c1-15(17-10-12-23-13-11-17)21-24-19-4-2-3-5-20(19)25(21)14-16-6-8-18(22)9-7-16/h2-9,15,17,23H,10-14H2,1H3. The van der Waals surface area contributed by atoms with Crippen molar-refractivity contribution in [2.45, 2.75) is 32.2 Å². The molecule has 0 bridgehead atoms. The molecule has 1 fully saturated rings. The monoisotopic (exact) mass is 337 g/mol. The van der Waals surface area contributed by atoms with Crippen LogP contribution in [0.2, 0.25) is 0 Å². The molecule has 130 valence electrons. The van der Waals surface area contributed by atoms with Crippen LogP contribution in [0.5, 0.6) is 0 Å². The summed E-state index contributed by atoms with van der Waals surface area (Å²) in [5.41, 5.74) is 3.30. The molecule has 4 rings (SSSR count). The summed E-state index contributed by atoms with van der Waals surface area (Å²) in [6.07, 6.45) is 2.39. The van der Waals surface area contributed by atoms with E-state index < -0.39 is 0 Å². The first-order valence-corrected chi connectivity index (χ1v) is 9.12. The first-order valence-electron chi connectivity index (χ1n) is 9.12. The fraction of sp³-hybridized carbons (Fsp3) is 0.381. The number of fused-ring (bicyclic) bond motifs is 1. The highest BCUT2D eigenvalue weighted by Gasteiger charge is 2.26. The minimum atomic E-state index is -0.192. The molecular weight excluding hydrogens is 313 g/mol. The van der Waals surface area contributed by atoms with E-state index in [0.717, 1.165) is 42.1 Å². The van der Waals surface area contributed by atoms with E-state index in [1.807, 2.05) is 18.2 Å². The minimum absolute atomic E-state index is 0.192. The molecule has 1 aliphatic heterocycles. The van der Waals surface area contributed by atoms with Crippen molar-refractivity contribution in [3.8, 4) is 0 Å². The van der Waals surface area contributed by atoms with Gasteiger partial charge in [-0.1, -0.05) is 31.2 Å². The number of aromatic nitrogens is 2. The van der Waals surface area contributed by atoms with E-state index in [0.29, 0.717) is 11.8 Å². The van der Waals surface area contributed by atoms with Crippen molar-refractivity contribution < 1.29 is 4.39 Å². The normalized spacial score (nSPS) is 17.0. The number of halogens is 1. The number of nitrogens with one attached hydrogen (secondary N) is 1. The van der Waals surface area contributed by atoms with Gasteiger partial charge in [-0.2, -0.15) is 0 Å². The molecule has 0 amide bonds.